The zero-order valence-corrected chi connectivity index (χ0v) is 16.9. The number of hydrogen-bond donors (Lipinski definition) is 0. The molecule has 0 amide bonds. The van der Waals surface area contributed by atoms with Crippen molar-refractivity contribution in [1.29, 1.82) is 0 Å². The van der Waals surface area contributed by atoms with Crippen LogP contribution in [0.25, 0.3) is 21.3 Å². The van der Waals surface area contributed by atoms with E-state index < -0.39 is 0 Å². The highest BCUT2D eigenvalue weighted by Crippen LogP contribution is 2.33. The summed E-state index contributed by atoms with van der Waals surface area (Å²) in [4.78, 5) is 19.0. The van der Waals surface area contributed by atoms with E-state index in [1.54, 1.807) is 18.4 Å². The minimum atomic E-state index is 0.0643. The van der Waals surface area contributed by atoms with Gasteiger partial charge in [-0.05, 0) is 48.8 Å². The fraction of sp³-hybridized carbons (Fsp3) is 0.455. The Bertz CT molecular complexity index is 1020. The van der Waals surface area contributed by atoms with Crippen LogP contribution < -0.4 is 5.56 Å². The third-order valence-corrected chi connectivity index (χ3v) is 6.30. The number of aryl methyl sites for hydroxylation is 3. The maximum atomic E-state index is 13.3. The van der Waals surface area contributed by atoms with E-state index in [0.717, 1.165) is 46.4 Å². The number of aromatic nitrogens is 2. The van der Waals surface area contributed by atoms with Gasteiger partial charge in [0.25, 0.3) is 5.56 Å². The van der Waals surface area contributed by atoms with Crippen molar-refractivity contribution < 1.29 is 4.74 Å². The predicted molar refractivity (Wildman–Crippen MR) is 112 cm³/mol. The maximum Gasteiger partial charge on any atom is 0.262 e. The van der Waals surface area contributed by atoms with Gasteiger partial charge in [-0.3, -0.25) is 9.36 Å². The number of benzene rings is 1. The molecule has 0 radical (unpaired) electrons. The standard InChI is InChI=1S/C22H26N2O2S/c1-3-6-19-23-21-20(22(25)24(19)11-12-26-2)18(14-27-21)17-10-9-15-7-4-5-8-16(15)13-17/h9-10,13-14H,3-8,11-12H2,1-2H3. The average molecular weight is 383 g/mol. The predicted octanol–water partition coefficient (Wildman–Crippen LogP) is 4.60. The Kier molecular flexibility index (Phi) is 5.41. The molecule has 5 heteroatoms. The minimum Gasteiger partial charge on any atom is -0.383 e. The lowest BCUT2D eigenvalue weighted by Crippen LogP contribution is -2.27. The van der Waals surface area contributed by atoms with Crippen molar-refractivity contribution in [2.45, 2.75) is 52.0 Å². The molecule has 1 aliphatic rings. The fourth-order valence-corrected chi connectivity index (χ4v) is 4.96. The molecule has 142 valence electrons. The summed E-state index contributed by atoms with van der Waals surface area (Å²) in [6.45, 7) is 3.18. The third-order valence-electron chi connectivity index (χ3n) is 5.42. The first-order valence-corrected chi connectivity index (χ1v) is 10.7. The second-order valence-corrected chi connectivity index (χ2v) is 8.11. The van der Waals surface area contributed by atoms with Gasteiger partial charge in [0.2, 0.25) is 0 Å². The van der Waals surface area contributed by atoms with Crippen molar-refractivity contribution in [3.05, 3.63) is 50.9 Å². The van der Waals surface area contributed by atoms with Crippen molar-refractivity contribution in [2.24, 2.45) is 0 Å². The molecular weight excluding hydrogens is 356 g/mol. The van der Waals surface area contributed by atoms with Crippen molar-refractivity contribution in [3.63, 3.8) is 0 Å². The molecule has 1 aromatic carbocycles. The maximum absolute atomic E-state index is 13.3. The highest BCUT2D eigenvalue weighted by Gasteiger charge is 2.18. The summed E-state index contributed by atoms with van der Waals surface area (Å²) in [7, 11) is 1.67. The Labute approximate surface area is 163 Å². The Balaban J connectivity index is 1.86. The Morgan fingerprint density at radius 1 is 1.22 bits per heavy atom. The van der Waals surface area contributed by atoms with Gasteiger partial charge >= 0.3 is 0 Å². The molecule has 0 fully saturated rings. The van der Waals surface area contributed by atoms with Gasteiger partial charge in [-0.1, -0.05) is 25.1 Å². The number of nitrogens with zero attached hydrogens (tertiary/aromatic N) is 2. The van der Waals surface area contributed by atoms with Crippen LogP contribution in [0.2, 0.25) is 0 Å². The van der Waals surface area contributed by atoms with Gasteiger partial charge < -0.3 is 4.74 Å². The summed E-state index contributed by atoms with van der Waals surface area (Å²) in [5, 5.41) is 2.85. The topological polar surface area (TPSA) is 44.1 Å². The second kappa shape index (κ2) is 7.95. The van der Waals surface area contributed by atoms with Crippen LogP contribution in [0.4, 0.5) is 0 Å². The molecule has 27 heavy (non-hydrogen) atoms. The van der Waals surface area contributed by atoms with Gasteiger partial charge in [-0.25, -0.2) is 4.98 Å². The number of methoxy groups -OCH3 is 1. The number of ether oxygens (including phenoxy) is 1. The highest BCUT2D eigenvalue weighted by atomic mass is 32.1. The monoisotopic (exact) mass is 382 g/mol. The zero-order chi connectivity index (χ0) is 18.8. The molecule has 0 atom stereocenters. The van der Waals surface area contributed by atoms with Crippen molar-refractivity contribution in [3.8, 4) is 11.1 Å². The first kappa shape index (κ1) is 18.4. The molecule has 2 aromatic heterocycles. The lowest BCUT2D eigenvalue weighted by Gasteiger charge is -2.16. The fourth-order valence-electron chi connectivity index (χ4n) is 4.01. The van der Waals surface area contributed by atoms with Crippen LogP contribution in [0.3, 0.4) is 0 Å². The molecular formula is C22H26N2O2S. The number of thiophene rings is 1. The highest BCUT2D eigenvalue weighted by molar-refractivity contribution is 7.17. The summed E-state index contributed by atoms with van der Waals surface area (Å²) < 4.78 is 7.03. The van der Waals surface area contributed by atoms with Crippen molar-refractivity contribution in [1.82, 2.24) is 9.55 Å². The molecule has 0 bridgehead atoms. The Morgan fingerprint density at radius 2 is 2.04 bits per heavy atom. The molecule has 0 saturated carbocycles. The Hall–Kier alpha value is -1.98. The van der Waals surface area contributed by atoms with Gasteiger partial charge in [-0.2, -0.15) is 0 Å². The van der Waals surface area contributed by atoms with E-state index in [1.807, 2.05) is 4.57 Å². The van der Waals surface area contributed by atoms with E-state index in [9.17, 15) is 4.79 Å². The summed E-state index contributed by atoms with van der Waals surface area (Å²) in [6, 6.07) is 6.70. The Morgan fingerprint density at radius 3 is 2.81 bits per heavy atom. The second-order valence-electron chi connectivity index (χ2n) is 7.25. The first-order chi connectivity index (χ1) is 13.2. The smallest absolute Gasteiger partial charge is 0.262 e. The first-order valence-electron chi connectivity index (χ1n) is 9.85. The van der Waals surface area contributed by atoms with Crippen LogP contribution in [0.1, 0.15) is 43.1 Å². The molecule has 0 aliphatic heterocycles. The van der Waals surface area contributed by atoms with Crippen molar-refractivity contribution >= 4 is 21.6 Å². The van der Waals surface area contributed by atoms with E-state index in [2.05, 4.69) is 30.5 Å². The van der Waals surface area contributed by atoms with Crippen LogP contribution in [0.15, 0.2) is 28.4 Å². The number of fused-ring (bicyclic) bond motifs is 2. The minimum absolute atomic E-state index is 0.0643. The van der Waals surface area contributed by atoms with E-state index >= 15 is 0 Å². The number of hydrogen-bond acceptors (Lipinski definition) is 4. The van der Waals surface area contributed by atoms with Crippen LogP contribution in [0, 0.1) is 0 Å². The van der Waals surface area contributed by atoms with Crippen LogP contribution in [-0.2, 0) is 30.5 Å². The van der Waals surface area contributed by atoms with E-state index in [-0.39, 0.29) is 5.56 Å². The van der Waals surface area contributed by atoms with E-state index in [0.29, 0.717) is 13.2 Å². The van der Waals surface area contributed by atoms with E-state index in [1.165, 1.54) is 30.4 Å². The van der Waals surface area contributed by atoms with Crippen molar-refractivity contribution in [2.75, 3.05) is 13.7 Å². The summed E-state index contributed by atoms with van der Waals surface area (Å²) in [5.41, 5.74) is 5.13. The molecule has 1 aliphatic carbocycles. The van der Waals surface area contributed by atoms with Crippen LogP contribution >= 0.6 is 11.3 Å². The molecule has 3 aromatic rings. The van der Waals surface area contributed by atoms with Crippen LogP contribution in [0.5, 0.6) is 0 Å². The summed E-state index contributed by atoms with van der Waals surface area (Å²) in [6.07, 6.45) is 6.62. The molecule has 0 saturated heterocycles. The largest absolute Gasteiger partial charge is 0.383 e. The lowest BCUT2D eigenvalue weighted by molar-refractivity contribution is 0.185. The van der Waals surface area contributed by atoms with E-state index in [4.69, 9.17) is 9.72 Å². The normalized spacial score (nSPS) is 13.9. The summed E-state index contributed by atoms with van der Waals surface area (Å²) in [5.74, 6) is 0.867. The molecule has 0 N–H and O–H groups in total. The lowest BCUT2D eigenvalue weighted by atomic mass is 9.89. The van der Waals surface area contributed by atoms with Gasteiger partial charge in [0, 0.05) is 24.5 Å². The van der Waals surface area contributed by atoms with Gasteiger partial charge in [0.1, 0.15) is 10.7 Å². The van der Waals surface area contributed by atoms with Crippen LogP contribution in [-0.4, -0.2) is 23.3 Å². The molecule has 2 heterocycles. The van der Waals surface area contributed by atoms with Gasteiger partial charge in [0.05, 0.1) is 18.5 Å². The average Bonchev–Trinajstić information content (AvgIpc) is 3.12. The van der Waals surface area contributed by atoms with Gasteiger partial charge in [-0.15, -0.1) is 11.3 Å². The molecule has 0 spiro atoms. The SMILES string of the molecule is CCCc1nc2scc(-c3ccc4c(c3)CCCC4)c2c(=O)n1CCOC. The quantitative estimate of drug-likeness (QED) is 0.626. The number of rotatable bonds is 6. The molecule has 4 nitrogen and oxygen atoms in total. The zero-order valence-electron chi connectivity index (χ0n) is 16.1. The van der Waals surface area contributed by atoms with Gasteiger partial charge in [0.15, 0.2) is 0 Å². The third kappa shape index (κ3) is 3.46. The molecule has 0 unspecified atom stereocenters. The molecule has 4 rings (SSSR count). The summed E-state index contributed by atoms with van der Waals surface area (Å²) >= 11 is 1.58.